The highest BCUT2D eigenvalue weighted by Gasteiger charge is 2.33. The van der Waals surface area contributed by atoms with Gasteiger partial charge in [0.15, 0.2) is 0 Å². The molecule has 2 aromatic rings. The van der Waals surface area contributed by atoms with Gasteiger partial charge < -0.3 is 10.2 Å². The van der Waals surface area contributed by atoms with Gasteiger partial charge in [0.2, 0.25) is 5.91 Å². The Morgan fingerprint density at radius 1 is 1.31 bits per heavy atom. The predicted octanol–water partition coefficient (Wildman–Crippen LogP) is 3.94. The number of carbonyl (C=O) groups excluding carboxylic acids is 2. The maximum Gasteiger partial charge on any atom is 0.289 e. The molecule has 9 heteroatoms. The Morgan fingerprint density at radius 2 is 2.12 bits per heavy atom. The number of thiophene rings is 1. The number of benzene rings is 1. The number of nitro groups is 1. The molecular weight excluding hydrogens is 378 g/mol. The standard InChI is InChI=1S/C17H16ClN3O4S/c18-12-7-6-11(10-14(12)21(24)25)19-16(22)13-4-1-2-8-20(13)17(23)15-5-3-9-26-15/h3,5-7,9-10,13H,1-2,4,8H2,(H,19,22). The maximum absolute atomic E-state index is 12.7. The summed E-state index contributed by atoms with van der Waals surface area (Å²) < 4.78 is 0. The van der Waals surface area contributed by atoms with E-state index < -0.39 is 11.0 Å². The number of likely N-dealkylation sites (tertiary alicyclic amines) is 1. The molecule has 0 spiro atoms. The molecule has 0 aliphatic carbocycles. The fourth-order valence-electron chi connectivity index (χ4n) is 2.94. The molecule has 1 saturated heterocycles. The van der Waals surface area contributed by atoms with Crippen LogP contribution in [0.15, 0.2) is 35.7 Å². The van der Waals surface area contributed by atoms with Gasteiger partial charge in [-0.2, -0.15) is 0 Å². The van der Waals surface area contributed by atoms with Gasteiger partial charge in [0, 0.05) is 18.3 Å². The van der Waals surface area contributed by atoms with E-state index >= 15 is 0 Å². The minimum atomic E-state index is -0.606. The van der Waals surface area contributed by atoms with Crippen molar-refractivity contribution in [1.82, 2.24) is 4.90 Å². The Bertz CT molecular complexity index is 841. The second-order valence-electron chi connectivity index (χ2n) is 5.90. The zero-order valence-electron chi connectivity index (χ0n) is 13.7. The SMILES string of the molecule is O=C(Nc1ccc(Cl)c([N+](=O)[O-])c1)C1CCCCN1C(=O)c1cccs1. The van der Waals surface area contributed by atoms with Crippen molar-refractivity contribution in [3.05, 3.63) is 55.7 Å². The third-order valence-corrected chi connectivity index (χ3v) is 5.39. The number of carbonyl (C=O) groups is 2. The van der Waals surface area contributed by atoms with Gasteiger partial charge in [-0.3, -0.25) is 19.7 Å². The number of hydrogen-bond donors (Lipinski definition) is 1. The Hall–Kier alpha value is -2.45. The first kappa shape index (κ1) is 18.3. The Kier molecular flexibility index (Phi) is 5.53. The van der Waals surface area contributed by atoms with E-state index in [9.17, 15) is 19.7 Å². The summed E-state index contributed by atoms with van der Waals surface area (Å²) in [5, 5.41) is 15.5. The highest BCUT2D eigenvalue weighted by atomic mass is 35.5. The summed E-state index contributed by atoms with van der Waals surface area (Å²) in [4.78, 5) is 37.9. The fourth-order valence-corrected chi connectivity index (χ4v) is 3.81. The van der Waals surface area contributed by atoms with Crippen molar-refractivity contribution in [2.75, 3.05) is 11.9 Å². The lowest BCUT2D eigenvalue weighted by Gasteiger charge is -2.34. The van der Waals surface area contributed by atoms with E-state index in [1.807, 2.05) is 5.38 Å². The van der Waals surface area contributed by atoms with Crippen LogP contribution in [0, 0.1) is 10.1 Å². The molecule has 3 rings (SSSR count). The summed E-state index contributed by atoms with van der Waals surface area (Å²) in [6, 6.07) is 7.01. The Morgan fingerprint density at radius 3 is 2.81 bits per heavy atom. The van der Waals surface area contributed by atoms with Crippen LogP contribution in [0.2, 0.25) is 5.02 Å². The quantitative estimate of drug-likeness (QED) is 0.628. The number of nitro benzene ring substituents is 1. The summed E-state index contributed by atoms with van der Waals surface area (Å²) in [5.41, 5.74) is -0.000162. The molecule has 1 atom stereocenters. The molecule has 1 aliphatic rings. The van der Waals surface area contributed by atoms with E-state index in [0.717, 1.165) is 12.8 Å². The summed E-state index contributed by atoms with van der Waals surface area (Å²) >= 11 is 7.13. The smallest absolute Gasteiger partial charge is 0.289 e. The van der Waals surface area contributed by atoms with Gasteiger partial charge in [0.05, 0.1) is 9.80 Å². The van der Waals surface area contributed by atoms with Crippen LogP contribution in [0.4, 0.5) is 11.4 Å². The molecule has 1 fully saturated rings. The molecular formula is C17H16ClN3O4S. The van der Waals surface area contributed by atoms with Crippen molar-refractivity contribution < 1.29 is 14.5 Å². The van der Waals surface area contributed by atoms with E-state index in [0.29, 0.717) is 17.8 Å². The molecule has 1 aromatic heterocycles. The monoisotopic (exact) mass is 393 g/mol. The first-order valence-electron chi connectivity index (χ1n) is 8.06. The summed E-state index contributed by atoms with van der Waals surface area (Å²) in [7, 11) is 0. The zero-order valence-corrected chi connectivity index (χ0v) is 15.3. The van der Waals surface area contributed by atoms with Crippen LogP contribution in [0.5, 0.6) is 0 Å². The number of piperidine rings is 1. The van der Waals surface area contributed by atoms with Crippen LogP contribution in [-0.2, 0) is 4.79 Å². The lowest BCUT2D eigenvalue weighted by molar-refractivity contribution is -0.384. The van der Waals surface area contributed by atoms with Crippen molar-refractivity contribution >= 4 is 46.1 Å². The number of halogens is 1. The molecule has 1 aromatic carbocycles. The van der Waals surface area contributed by atoms with Crippen LogP contribution in [0.3, 0.4) is 0 Å². The number of amides is 2. The van der Waals surface area contributed by atoms with Crippen molar-refractivity contribution in [2.45, 2.75) is 25.3 Å². The highest BCUT2D eigenvalue weighted by molar-refractivity contribution is 7.12. The fraction of sp³-hybridized carbons (Fsp3) is 0.294. The molecule has 2 heterocycles. The summed E-state index contributed by atoms with van der Waals surface area (Å²) in [6.07, 6.45) is 2.24. The second-order valence-corrected chi connectivity index (χ2v) is 7.25. The number of hydrogen-bond acceptors (Lipinski definition) is 5. The van der Waals surface area contributed by atoms with Gasteiger partial charge >= 0.3 is 0 Å². The van der Waals surface area contributed by atoms with Gasteiger partial charge in [-0.1, -0.05) is 17.7 Å². The Balaban J connectivity index is 1.78. The first-order chi connectivity index (χ1) is 12.5. The number of rotatable bonds is 4. The average Bonchev–Trinajstić information content (AvgIpc) is 3.17. The molecule has 1 aliphatic heterocycles. The van der Waals surface area contributed by atoms with E-state index in [1.165, 1.54) is 29.5 Å². The predicted molar refractivity (Wildman–Crippen MR) is 99.7 cm³/mol. The van der Waals surface area contributed by atoms with Crippen LogP contribution < -0.4 is 5.32 Å². The van der Waals surface area contributed by atoms with E-state index in [2.05, 4.69) is 5.32 Å². The largest absolute Gasteiger partial charge is 0.326 e. The second kappa shape index (κ2) is 7.84. The first-order valence-corrected chi connectivity index (χ1v) is 9.32. The number of nitrogens with one attached hydrogen (secondary N) is 1. The van der Waals surface area contributed by atoms with Gasteiger partial charge in [0.25, 0.3) is 11.6 Å². The third-order valence-electron chi connectivity index (χ3n) is 4.21. The highest BCUT2D eigenvalue weighted by Crippen LogP contribution is 2.28. The summed E-state index contributed by atoms with van der Waals surface area (Å²) in [6.45, 7) is 0.510. The third kappa shape index (κ3) is 3.86. The number of anilines is 1. The van der Waals surface area contributed by atoms with Crippen LogP contribution in [0.25, 0.3) is 0 Å². The van der Waals surface area contributed by atoms with Crippen LogP contribution in [-0.4, -0.2) is 34.2 Å². The van der Waals surface area contributed by atoms with Gasteiger partial charge in [-0.25, -0.2) is 0 Å². The lowest BCUT2D eigenvalue weighted by Crippen LogP contribution is -2.49. The minimum Gasteiger partial charge on any atom is -0.326 e. The summed E-state index contributed by atoms with van der Waals surface area (Å²) in [5.74, 6) is -0.520. The van der Waals surface area contributed by atoms with Gasteiger partial charge in [0.1, 0.15) is 11.1 Å². The zero-order chi connectivity index (χ0) is 18.7. The topological polar surface area (TPSA) is 92.5 Å². The molecule has 0 radical (unpaired) electrons. The molecule has 1 N–H and O–H groups in total. The molecule has 2 amide bonds. The van der Waals surface area contributed by atoms with Crippen molar-refractivity contribution in [1.29, 1.82) is 0 Å². The van der Waals surface area contributed by atoms with Gasteiger partial charge in [-0.15, -0.1) is 11.3 Å². The Labute approximate surface area is 158 Å². The molecule has 0 bridgehead atoms. The molecule has 0 saturated carbocycles. The van der Waals surface area contributed by atoms with Crippen LogP contribution in [0.1, 0.15) is 28.9 Å². The molecule has 7 nitrogen and oxygen atoms in total. The lowest BCUT2D eigenvalue weighted by atomic mass is 10.0. The molecule has 1 unspecified atom stereocenters. The van der Waals surface area contributed by atoms with Gasteiger partial charge in [-0.05, 0) is 42.8 Å². The normalized spacial score (nSPS) is 17.0. The van der Waals surface area contributed by atoms with E-state index in [1.54, 1.807) is 17.0 Å². The van der Waals surface area contributed by atoms with Crippen molar-refractivity contribution in [3.63, 3.8) is 0 Å². The van der Waals surface area contributed by atoms with Crippen molar-refractivity contribution in [3.8, 4) is 0 Å². The van der Waals surface area contributed by atoms with E-state index in [-0.39, 0.29) is 28.2 Å². The van der Waals surface area contributed by atoms with Crippen molar-refractivity contribution in [2.24, 2.45) is 0 Å². The minimum absolute atomic E-state index is 0.000153. The van der Waals surface area contributed by atoms with E-state index in [4.69, 9.17) is 11.6 Å². The molecule has 26 heavy (non-hydrogen) atoms. The number of nitrogens with zero attached hydrogens (tertiary/aromatic N) is 2. The molecule has 136 valence electrons. The maximum atomic E-state index is 12.7. The van der Waals surface area contributed by atoms with Crippen LogP contribution >= 0.6 is 22.9 Å². The average molecular weight is 394 g/mol.